The summed E-state index contributed by atoms with van der Waals surface area (Å²) in [6, 6.07) is 5.11. The third-order valence-corrected chi connectivity index (χ3v) is 2.93. The number of benzene rings is 1. The molecule has 0 radical (unpaired) electrons. The minimum Gasteiger partial charge on any atom is -0.326 e. The minimum atomic E-state index is -0.147. The Morgan fingerprint density at radius 2 is 1.89 bits per heavy atom. The van der Waals surface area contributed by atoms with Gasteiger partial charge >= 0.3 is 0 Å². The SMILES string of the molecule is CN(C)CCCN(C)Cc1cc(CN)ccc1F. The van der Waals surface area contributed by atoms with Crippen molar-refractivity contribution in [1.29, 1.82) is 0 Å². The first-order valence-electron chi connectivity index (χ1n) is 6.33. The lowest BCUT2D eigenvalue weighted by molar-refractivity contribution is 0.291. The molecule has 1 aromatic carbocycles. The second kappa shape index (κ2) is 7.46. The quantitative estimate of drug-likeness (QED) is 0.802. The van der Waals surface area contributed by atoms with Gasteiger partial charge in [-0.15, -0.1) is 0 Å². The molecule has 18 heavy (non-hydrogen) atoms. The zero-order valence-electron chi connectivity index (χ0n) is 11.6. The highest BCUT2D eigenvalue weighted by atomic mass is 19.1. The van der Waals surface area contributed by atoms with Crippen molar-refractivity contribution in [3.8, 4) is 0 Å². The van der Waals surface area contributed by atoms with Crippen LogP contribution in [0.5, 0.6) is 0 Å². The molecule has 0 bridgehead atoms. The normalized spacial score (nSPS) is 11.5. The summed E-state index contributed by atoms with van der Waals surface area (Å²) >= 11 is 0. The van der Waals surface area contributed by atoms with Crippen LogP contribution in [0.4, 0.5) is 4.39 Å². The Bertz CT molecular complexity index is 366. The Kier molecular flexibility index (Phi) is 6.25. The molecule has 0 spiro atoms. The molecule has 1 rings (SSSR count). The molecular formula is C14H24FN3. The Hall–Kier alpha value is -0.970. The van der Waals surface area contributed by atoms with E-state index in [0.29, 0.717) is 13.1 Å². The van der Waals surface area contributed by atoms with Crippen LogP contribution < -0.4 is 5.73 Å². The van der Waals surface area contributed by atoms with Gasteiger partial charge in [0, 0.05) is 18.7 Å². The zero-order chi connectivity index (χ0) is 13.5. The number of hydrogen-bond acceptors (Lipinski definition) is 3. The molecular weight excluding hydrogens is 229 g/mol. The monoisotopic (exact) mass is 253 g/mol. The second-order valence-electron chi connectivity index (χ2n) is 5.02. The van der Waals surface area contributed by atoms with Gasteiger partial charge < -0.3 is 15.5 Å². The number of halogens is 1. The number of hydrogen-bond donors (Lipinski definition) is 1. The fourth-order valence-electron chi connectivity index (χ4n) is 1.90. The van der Waals surface area contributed by atoms with Crippen LogP contribution in [0.25, 0.3) is 0 Å². The first kappa shape index (κ1) is 15.1. The Labute approximate surface area is 109 Å². The van der Waals surface area contributed by atoms with Crippen LogP contribution in [0.1, 0.15) is 17.5 Å². The van der Waals surface area contributed by atoms with Gasteiger partial charge in [0.15, 0.2) is 0 Å². The van der Waals surface area contributed by atoms with Crippen molar-refractivity contribution in [3.63, 3.8) is 0 Å². The summed E-state index contributed by atoms with van der Waals surface area (Å²) in [5.41, 5.74) is 7.28. The van der Waals surface area contributed by atoms with E-state index < -0.39 is 0 Å². The third-order valence-electron chi connectivity index (χ3n) is 2.93. The van der Waals surface area contributed by atoms with E-state index in [1.54, 1.807) is 6.07 Å². The highest BCUT2D eigenvalue weighted by Crippen LogP contribution is 2.12. The standard InChI is InChI=1S/C14H24FN3/c1-17(2)7-4-8-18(3)11-13-9-12(10-16)5-6-14(13)15/h5-6,9H,4,7-8,10-11,16H2,1-3H3. The molecule has 0 aromatic heterocycles. The summed E-state index contributed by atoms with van der Waals surface area (Å²) in [6.45, 7) is 3.10. The molecule has 0 fully saturated rings. The van der Waals surface area contributed by atoms with E-state index >= 15 is 0 Å². The van der Waals surface area contributed by atoms with Crippen molar-refractivity contribution in [2.24, 2.45) is 5.73 Å². The maximum Gasteiger partial charge on any atom is 0.127 e. The van der Waals surface area contributed by atoms with Gasteiger partial charge in [0.2, 0.25) is 0 Å². The van der Waals surface area contributed by atoms with Gasteiger partial charge in [-0.1, -0.05) is 12.1 Å². The largest absolute Gasteiger partial charge is 0.326 e. The molecule has 0 aliphatic rings. The molecule has 0 saturated carbocycles. The van der Waals surface area contributed by atoms with E-state index in [4.69, 9.17) is 5.73 Å². The molecule has 3 nitrogen and oxygen atoms in total. The topological polar surface area (TPSA) is 32.5 Å². The minimum absolute atomic E-state index is 0.147. The maximum absolute atomic E-state index is 13.6. The lowest BCUT2D eigenvalue weighted by Gasteiger charge is -2.18. The van der Waals surface area contributed by atoms with Gasteiger partial charge in [-0.2, -0.15) is 0 Å². The van der Waals surface area contributed by atoms with Crippen molar-refractivity contribution < 1.29 is 4.39 Å². The smallest absolute Gasteiger partial charge is 0.127 e. The second-order valence-corrected chi connectivity index (χ2v) is 5.02. The van der Waals surface area contributed by atoms with Crippen LogP contribution in [-0.2, 0) is 13.1 Å². The molecule has 4 heteroatoms. The van der Waals surface area contributed by atoms with E-state index in [1.165, 1.54) is 6.07 Å². The van der Waals surface area contributed by atoms with E-state index in [9.17, 15) is 4.39 Å². The summed E-state index contributed by atoms with van der Waals surface area (Å²) < 4.78 is 13.6. The molecule has 0 aliphatic carbocycles. The van der Waals surface area contributed by atoms with Crippen LogP contribution >= 0.6 is 0 Å². The molecule has 2 N–H and O–H groups in total. The lowest BCUT2D eigenvalue weighted by Crippen LogP contribution is -2.24. The van der Waals surface area contributed by atoms with E-state index in [0.717, 1.165) is 30.6 Å². The third kappa shape index (κ3) is 5.12. The summed E-state index contributed by atoms with van der Waals surface area (Å²) in [4.78, 5) is 4.30. The molecule has 102 valence electrons. The average molecular weight is 253 g/mol. The van der Waals surface area contributed by atoms with Crippen LogP contribution in [0, 0.1) is 5.82 Å². The average Bonchev–Trinajstić information content (AvgIpc) is 2.31. The molecule has 0 saturated heterocycles. The highest BCUT2D eigenvalue weighted by molar-refractivity contribution is 5.24. The summed E-state index contributed by atoms with van der Waals surface area (Å²) in [6.07, 6.45) is 1.09. The van der Waals surface area contributed by atoms with Crippen LogP contribution in [0.15, 0.2) is 18.2 Å². The van der Waals surface area contributed by atoms with E-state index in [2.05, 4.69) is 23.9 Å². The first-order chi connectivity index (χ1) is 8.52. The summed E-state index contributed by atoms with van der Waals surface area (Å²) in [7, 11) is 6.14. The predicted octanol–water partition coefficient (Wildman–Crippen LogP) is 1.67. The van der Waals surface area contributed by atoms with Crippen molar-refractivity contribution >= 4 is 0 Å². The van der Waals surface area contributed by atoms with E-state index in [-0.39, 0.29) is 5.82 Å². The van der Waals surface area contributed by atoms with Crippen LogP contribution in [-0.4, -0.2) is 44.0 Å². The Morgan fingerprint density at radius 1 is 1.17 bits per heavy atom. The van der Waals surface area contributed by atoms with Gasteiger partial charge in [-0.3, -0.25) is 0 Å². The van der Waals surface area contributed by atoms with Gasteiger partial charge in [-0.05, 0) is 52.3 Å². The van der Waals surface area contributed by atoms with Gasteiger partial charge in [-0.25, -0.2) is 4.39 Å². The first-order valence-corrected chi connectivity index (χ1v) is 6.33. The lowest BCUT2D eigenvalue weighted by atomic mass is 10.1. The van der Waals surface area contributed by atoms with E-state index in [1.807, 2.05) is 13.1 Å². The molecule has 1 aromatic rings. The van der Waals surface area contributed by atoms with Crippen LogP contribution in [0.2, 0.25) is 0 Å². The van der Waals surface area contributed by atoms with Gasteiger partial charge in [0.25, 0.3) is 0 Å². The predicted molar refractivity (Wildman–Crippen MR) is 73.8 cm³/mol. The molecule has 0 atom stereocenters. The van der Waals surface area contributed by atoms with Crippen LogP contribution in [0.3, 0.4) is 0 Å². The van der Waals surface area contributed by atoms with Crippen molar-refractivity contribution in [2.75, 3.05) is 34.2 Å². The summed E-state index contributed by atoms with van der Waals surface area (Å²) in [5.74, 6) is -0.147. The fourth-order valence-corrected chi connectivity index (χ4v) is 1.90. The molecule has 0 unspecified atom stereocenters. The van der Waals surface area contributed by atoms with Gasteiger partial charge in [0.1, 0.15) is 5.82 Å². The Balaban J connectivity index is 2.50. The highest BCUT2D eigenvalue weighted by Gasteiger charge is 2.06. The molecule has 0 aliphatic heterocycles. The molecule has 0 amide bonds. The fraction of sp³-hybridized carbons (Fsp3) is 0.571. The number of rotatable bonds is 7. The van der Waals surface area contributed by atoms with Crippen molar-refractivity contribution in [2.45, 2.75) is 19.5 Å². The van der Waals surface area contributed by atoms with Gasteiger partial charge in [0.05, 0.1) is 0 Å². The Morgan fingerprint density at radius 3 is 2.50 bits per heavy atom. The van der Waals surface area contributed by atoms with Crippen molar-refractivity contribution in [1.82, 2.24) is 9.80 Å². The molecule has 0 heterocycles. The number of nitrogens with two attached hydrogens (primary N) is 1. The number of nitrogens with zero attached hydrogens (tertiary/aromatic N) is 2. The summed E-state index contributed by atoms with van der Waals surface area (Å²) in [5, 5.41) is 0. The maximum atomic E-state index is 13.6. The zero-order valence-corrected chi connectivity index (χ0v) is 11.6. The van der Waals surface area contributed by atoms with Crippen molar-refractivity contribution in [3.05, 3.63) is 35.1 Å².